The Morgan fingerprint density at radius 1 is 1.17 bits per heavy atom. The number of thioether (sulfide) groups is 1. The second-order valence-corrected chi connectivity index (χ2v) is 8.98. The first-order valence-corrected chi connectivity index (χ1v) is 10.5. The van der Waals surface area contributed by atoms with Crippen LogP contribution in [-0.4, -0.2) is 23.4 Å². The van der Waals surface area contributed by atoms with E-state index in [1.165, 1.54) is 17.8 Å². The van der Waals surface area contributed by atoms with Crippen molar-refractivity contribution in [2.75, 3.05) is 5.75 Å². The van der Waals surface area contributed by atoms with Gasteiger partial charge in [0, 0.05) is 22.8 Å². The SMILES string of the molecule is CC(C)(C)OC(=O)NCc1ccc(C(=O)N[C@@H]2CCSc3c(F)cccc32)cc1. The van der Waals surface area contributed by atoms with E-state index < -0.39 is 11.7 Å². The minimum Gasteiger partial charge on any atom is -0.444 e. The van der Waals surface area contributed by atoms with Gasteiger partial charge >= 0.3 is 6.09 Å². The van der Waals surface area contributed by atoms with E-state index in [0.717, 1.165) is 23.3 Å². The Hall–Kier alpha value is -2.54. The molecule has 0 aliphatic carbocycles. The van der Waals surface area contributed by atoms with Crippen LogP contribution in [0.2, 0.25) is 0 Å². The second-order valence-electron chi connectivity index (χ2n) is 7.87. The highest BCUT2D eigenvalue weighted by atomic mass is 32.2. The molecule has 0 spiro atoms. The van der Waals surface area contributed by atoms with Gasteiger partial charge < -0.3 is 15.4 Å². The van der Waals surface area contributed by atoms with Crippen LogP contribution in [0.5, 0.6) is 0 Å². The molecule has 0 radical (unpaired) electrons. The van der Waals surface area contributed by atoms with Crippen molar-refractivity contribution in [3.63, 3.8) is 0 Å². The third-order valence-electron chi connectivity index (χ3n) is 4.38. The predicted molar refractivity (Wildman–Crippen MR) is 111 cm³/mol. The van der Waals surface area contributed by atoms with E-state index in [4.69, 9.17) is 4.74 Å². The van der Waals surface area contributed by atoms with E-state index >= 15 is 0 Å². The molecular weight excluding hydrogens is 391 g/mol. The summed E-state index contributed by atoms with van der Waals surface area (Å²) in [4.78, 5) is 25.0. The Bertz CT molecular complexity index is 894. The Kier molecular flexibility index (Phi) is 6.47. The van der Waals surface area contributed by atoms with Crippen molar-refractivity contribution in [2.24, 2.45) is 0 Å². The number of rotatable bonds is 4. The van der Waals surface area contributed by atoms with Gasteiger partial charge in [-0.05, 0) is 56.5 Å². The summed E-state index contributed by atoms with van der Waals surface area (Å²) in [6, 6.07) is 11.8. The van der Waals surface area contributed by atoms with E-state index in [-0.39, 0.29) is 17.8 Å². The fraction of sp³-hybridized carbons (Fsp3) is 0.364. The van der Waals surface area contributed by atoms with Crippen molar-refractivity contribution in [1.82, 2.24) is 10.6 Å². The summed E-state index contributed by atoms with van der Waals surface area (Å²) in [7, 11) is 0. The molecular formula is C22H25FN2O3S. The number of hydrogen-bond acceptors (Lipinski definition) is 4. The van der Waals surface area contributed by atoms with Crippen LogP contribution in [0, 0.1) is 5.82 Å². The maximum atomic E-state index is 14.0. The maximum absolute atomic E-state index is 14.0. The number of amides is 2. The lowest BCUT2D eigenvalue weighted by molar-refractivity contribution is 0.0523. The van der Waals surface area contributed by atoms with Crippen molar-refractivity contribution >= 4 is 23.8 Å². The zero-order chi connectivity index (χ0) is 21.0. The monoisotopic (exact) mass is 416 g/mol. The number of carbonyl (C=O) groups is 2. The molecule has 1 aliphatic heterocycles. The minimum absolute atomic E-state index is 0.205. The predicted octanol–water partition coefficient (Wildman–Crippen LogP) is 4.82. The molecule has 154 valence electrons. The molecule has 0 fully saturated rings. The average molecular weight is 417 g/mol. The van der Waals surface area contributed by atoms with Crippen LogP contribution in [-0.2, 0) is 11.3 Å². The fourth-order valence-corrected chi connectivity index (χ4v) is 4.18. The number of alkyl carbamates (subject to hydrolysis) is 1. The summed E-state index contributed by atoms with van der Waals surface area (Å²) in [5.74, 6) is 0.311. The molecule has 2 aromatic rings. The number of carbonyl (C=O) groups excluding carboxylic acids is 2. The summed E-state index contributed by atoms with van der Waals surface area (Å²) in [5, 5.41) is 5.69. The van der Waals surface area contributed by atoms with Gasteiger partial charge in [-0.15, -0.1) is 11.8 Å². The highest BCUT2D eigenvalue weighted by Gasteiger charge is 2.24. The van der Waals surface area contributed by atoms with Crippen LogP contribution in [0.15, 0.2) is 47.4 Å². The van der Waals surface area contributed by atoms with Crippen LogP contribution in [0.3, 0.4) is 0 Å². The van der Waals surface area contributed by atoms with Crippen LogP contribution >= 0.6 is 11.8 Å². The number of benzene rings is 2. The smallest absolute Gasteiger partial charge is 0.407 e. The zero-order valence-electron chi connectivity index (χ0n) is 16.8. The van der Waals surface area contributed by atoms with Gasteiger partial charge in [-0.3, -0.25) is 4.79 Å². The molecule has 0 saturated carbocycles. The standard InChI is InChI=1S/C22H25FN2O3S/c1-22(2,3)28-21(27)24-13-14-7-9-15(10-8-14)20(26)25-18-11-12-29-19-16(18)5-4-6-17(19)23/h4-10,18H,11-13H2,1-3H3,(H,24,27)(H,25,26)/t18-/m1/s1. The first-order chi connectivity index (χ1) is 13.7. The summed E-state index contributed by atoms with van der Waals surface area (Å²) in [5.41, 5.74) is 1.65. The summed E-state index contributed by atoms with van der Waals surface area (Å²) < 4.78 is 19.2. The molecule has 7 heteroatoms. The minimum atomic E-state index is -0.550. The van der Waals surface area contributed by atoms with Crippen LogP contribution < -0.4 is 10.6 Å². The Morgan fingerprint density at radius 2 is 1.90 bits per heavy atom. The van der Waals surface area contributed by atoms with E-state index in [1.807, 2.05) is 6.07 Å². The maximum Gasteiger partial charge on any atom is 0.407 e. The van der Waals surface area contributed by atoms with Gasteiger partial charge in [0.1, 0.15) is 11.4 Å². The lowest BCUT2D eigenvalue weighted by Gasteiger charge is -2.26. The Labute approximate surface area is 174 Å². The molecule has 3 rings (SSSR count). The molecule has 2 aromatic carbocycles. The number of nitrogens with one attached hydrogen (secondary N) is 2. The molecule has 1 heterocycles. The second kappa shape index (κ2) is 8.86. The lowest BCUT2D eigenvalue weighted by atomic mass is 10.0. The molecule has 1 aliphatic rings. The fourth-order valence-electron chi connectivity index (χ4n) is 3.04. The average Bonchev–Trinajstić information content (AvgIpc) is 2.66. The van der Waals surface area contributed by atoms with Crippen molar-refractivity contribution in [3.8, 4) is 0 Å². The Morgan fingerprint density at radius 3 is 2.59 bits per heavy atom. The molecule has 0 aromatic heterocycles. The van der Waals surface area contributed by atoms with Crippen molar-refractivity contribution in [2.45, 2.75) is 50.3 Å². The summed E-state index contributed by atoms with van der Waals surface area (Å²) in [6.45, 7) is 5.72. The molecule has 29 heavy (non-hydrogen) atoms. The molecule has 2 N–H and O–H groups in total. The molecule has 5 nitrogen and oxygen atoms in total. The van der Waals surface area contributed by atoms with Gasteiger partial charge in [0.15, 0.2) is 0 Å². The molecule has 2 amide bonds. The van der Waals surface area contributed by atoms with E-state index in [9.17, 15) is 14.0 Å². The largest absolute Gasteiger partial charge is 0.444 e. The first kappa shape index (κ1) is 21.2. The first-order valence-electron chi connectivity index (χ1n) is 9.51. The normalized spacial score (nSPS) is 15.9. The van der Waals surface area contributed by atoms with Crippen molar-refractivity contribution < 1.29 is 18.7 Å². The lowest BCUT2D eigenvalue weighted by Crippen LogP contribution is -2.32. The number of hydrogen-bond donors (Lipinski definition) is 2. The summed E-state index contributed by atoms with van der Waals surface area (Å²) >= 11 is 1.48. The highest BCUT2D eigenvalue weighted by Crippen LogP contribution is 2.37. The number of fused-ring (bicyclic) bond motifs is 1. The third kappa shape index (κ3) is 5.73. The van der Waals surface area contributed by atoms with Gasteiger partial charge in [0.25, 0.3) is 5.91 Å². The quantitative estimate of drug-likeness (QED) is 0.750. The topological polar surface area (TPSA) is 67.4 Å². The highest BCUT2D eigenvalue weighted by molar-refractivity contribution is 7.99. The van der Waals surface area contributed by atoms with E-state index in [0.29, 0.717) is 17.0 Å². The van der Waals surface area contributed by atoms with Crippen LogP contribution in [0.4, 0.5) is 9.18 Å². The number of ether oxygens (including phenoxy) is 1. The molecule has 0 unspecified atom stereocenters. The molecule has 1 atom stereocenters. The van der Waals surface area contributed by atoms with Crippen LogP contribution in [0.1, 0.15) is 54.7 Å². The zero-order valence-corrected chi connectivity index (χ0v) is 17.6. The van der Waals surface area contributed by atoms with E-state index in [1.54, 1.807) is 51.1 Å². The van der Waals surface area contributed by atoms with Crippen LogP contribution in [0.25, 0.3) is 0 Å². The van der Waals surface area contributed by atoms with Gasteiger partial charge in [-0.2, -0.15) is 0 Å². The van der Waals surface area contributed by atoms with E-state index in [2.05, 4.69) is 10.6 Å². The van der Waals surface area contributed by atoms with Gasteiger partial charge in [0.05, 0.1) is 6.04 Å². The van der Waals surface area contributed by atoms with Gasteiger partial charge in [-0.1, -0.05) is 24.3 Å². The van der Waals surface area contributed by atoms with Crippen molar-refractivity contribution in [3.05, 3.63) is 65.0 Å². The summed E-state index contributed by atoms with van der Waals surface area (Å²) in [6.07, 6.45) is 0.269. The van der Waals surface area contributed by atoms with Crippen molar-refractivity contribution in [1.29, 1.82) is 0 Å². The third-order valence-corrected chi connectivity index (χ3v) is 5.54. The van der Waals surface area contributed by atoms with Gasteiger partial charge in [-0.25, -0.2) is 9.18 Å². The molecule has 0 bridgehead atoms. The number of halogens is 1. The molecule has 0 saturated heterocycles. The van der Waals surface area contributed by atoms with Gasteiger partial charge in [0.2, 0.25) is 0 Å². The Balaban J connectivity index is 1.59.